The molecule has 2 aromatic rings. The van der Waals surface area contributed by atoms with Crippen LogP contribution < -0.4 is 16.0 Å². The molecule has 0 radical (unpaired) electrons. The number of nitrogens with zero attached hydrogens (tertiary/aromatic N) is 1. The molecule has 2 heterocycles. The first-order valence-corrected chi connectivity index (χ1v) is 10.7. The van der Waals surface area contributed by atoms with E-state index >= 15 is 0 Å². The summed E-state index contributed by atoms with van der Waals surface area (Å²) in [6.45, 7) is 3.36. The fraction of sp³-hybridized carbons (Fsp3) is 0.435. The van der Waals surface area contributed by atoms with Crippen LogP contribution in [0.15, 0.2) is 36.4 Å². The third kappa shape index (κ3) is 6.67. The number of ether oxygens (including phenoxy) is 1. The molecule has 3 N–H and O–H groups in total. The Morgan fingerprint density at radius 3 is 2.94 bits per heavy atom. The van der Waals surface area contributed by atoms with Crippen LogP contribution in [0.1, 0.15) is 42.5 Å². The number of rotatable bonds is 9. The Kier molecular flexibility index (Phi) is 8.20. The predicted molar refractivity (Wildman–Crippen MR) is 117 cm³/mol. The molecule has 0 saturated carbocycles. The topological polar surface area (TPSA) is 92.3 Å². The third-order valence-corrected chi connectivity index (χ3v) is 5.14. The van der Waals surface area contributed by atoms with E-state index in [1.54, 1.807) is 13.0 Å². The number of urea groups is 1. The van der Waals surface area contributed by atoms with E-state index in [1.165, 1.54) is 23.8 Å². The Labute approximate surface area is 181 Å². The predicted octanol–water partition coefficient (Wildman–Crippen LogP) is 3.16. The van der Waals surface area contributed by atoms with Gasteiger partial charge in [-0.3, -0.25) is 4.79 Å². The monoisotopic (exact) mass is 428 g/mol. The number of carbonyl (C=O) groups excluding carboxylic acids is 2. The van der Waals surface area contributed by atoms with E-state index in [1.807, 2.05) is 6.07 Å². The zero-order chi connectivity index (χ0) is 22.1. The van der Waals surface area contributed by atoms with Crippen molar-refractivity contribution in [2.24, 2.45) is 0 Å². The molecule has 1 atom stereocenters. The van der Waals surface area contributed by atoms with Gasteiger partial charge in [-0.1, -0.05) is 18.2 Å². The first-order valence-electron chi connectivity index (χ1n) is 10.7. The molecule has 0 fully saturated rings. The molecule has 0 bridgehead atoms. The molecular weight excluding hydrogens is 399 g/mol. The number of anilines is 1. The smallest absolute Gasteiger partial charge is 0.315 e. The van der Waals surface area contributed by atoms with Gasteiger partial charge in [0.1, 0.15) is 11.6 Å². The number of carbonyl (C=O) groups is 2. The summed E-state index contributed by atoms with van der Waals surface area (Å²) in [5.41, 5.74) is 2.71. The van der Waals surface area contributed by atoms with Crippen molar-refractivity contribution in [1.29, 1.82) is 0 Å². The number of nitrogens with one attached hydrogen (secondary N) is 3. The number of halogens is 1. The van der Waals surface area contributed by atoms with Crippen LogP contribution in [0.3, 0.4) is 0 Å². The molecule has 1 aliphatic rings. The Bertz CT molecular complexity index is 906. The maximum atomic E-state index is 13.6. The number of benzene rings is 1. The van der Waals surface area contributed by atoms with Gasteiger partial charge in [0, 0.05) is 25.3 Å². The second kappa shape index (κ2) is 11.3. The Morgan fingerprint density at radius 2 is 2.13 bits per heavy atom. The van der Waals surface area contributed by atoms with Crippen molar-refractivity contribution in [3.05, 3.63) is 59.0 Å². The van der Waals surface area contributed by atoms with Gasteiger partial charge in [0.25, 0.3) is 0 Å². The molecule has 8 heteroatoms. The number of aryl methyl sites for hydroxylation is 2. The second-order valence-electron chi connectivity index (χ2n) is 7.44. The van der Waals surface area contributed by atoms with Crippen molar-refractivity contribution < 1.29 is 18.7 Å². The van der Waals surface area contributed by atoms with Crippen molar-refractivity contribution in [3.63, 3.8) is 0 Å². The van der Waals surface area contributed by atoms with Crippen molar-refractivity contribution in [1.82, 2.24) is 15.6 Å². The minimum absolute atomic E-state index is 0.0200. The van der Waals surface area contributed by atoms with E-state index in [2.05, 4.69) is 27.0 Å². The normalized spacial score (nSPS) is 13.5. The molecule has 0 spiro atoms. The van der Waals surface area contributed by atoms with E-state index in [0.29, 0.717) is 12.1 Å². The van der Waals surface area contributed by atoms with Gasteiger partial charge in [0.15, 0.2) is 0 Å². The summed E-state index contributed by atoms with van der Waals surface area (Å²) in [5, 5.41) is 8.79. The highest BCUT2D eigenvalue weighted by molar-refractivity contribution is 5.80. The van der Waals surface area contributed by atoms with Gasteiger partial charge >= 0.3 is 12.0 Å². The molecule has 0 unspecified atom stereocenters. The molecule has 1 aromatic carbocycles. The zero-order valence-electron chi connectivity index (χ0n) is 17.7. The van der Waals surface area contributed by atoms with E-state index in [9.17, 15) is 14.0 Å². The maximum absolute atomic E-state index is 13.6. The average Bonchev–Trinajstić information content (AvgIpc) is 2.77. The molecule has 7 nitrogen and oxygen atoms in total. The molecule has 1 aliphatic heterocycles. The van der Waals surface area contributed by atoms with Crippen LogP contribution in [0.2, 0.25) is 0 Å². The highest BCUT2D eigenvalue weighted by Gasteiger charge is 2.23. The van der Waals surface area contributed by atoms with Crippen molar-refractivity contribution in [2.75, 3.05) is 31.6 Å². The Hall–Kier alpha value is -3.16. The number of hydrogen-bond donors (Lipinski definition) is 3. The van der Waals surface area contributed by atoms with Gasteiger partial charge < -0.3 is 20.7 Å². The summed E-state index contributed by atoms with van der Waals surface area (Å²) < 4.78 is 18.6. The van der Waals surface area contributed by atoms with Gasteiger partial charge in [-0.2, -0.15) is 0 Å². The molecular formula is C23H29FN4O3. The third-order valence-electron chi connectivity index (χ3n) is 5.14. The summed E-state index contributed by atoms with van der Waals surface area (Å²) in [4.78, 5) is 29.1. The number of pyridine rings is 1. The van der Waals surface area contributed by atoms with Gasteiger partial charge in [0.2, 0.25) is 0 Å². The summed E-state index contributed by atoms with van der Waals surface area (Å²) in [5.74, 6) is -0.742. The van der Waals surface area contributed by atoms with Crippen LogP contribution in [-0.4, -0.2) is 43.2 Å². The van der Waals surface area contributed by atoms with Crippen LogP contribution in [0, 0.1) is 5.82 Å². The highest BCUT2D eigenvalue weighted by atomic mass is 19.1. The van der Waals surface area contributed by atoms with E-state index in [0.717, 1.165) is 43.7 Å². The minimum Gasteiger partial charge on any atom is -0.465 e. The summed E-state index contributed by atoms with van der Waals surface area (Å²) >= 11 is 0. The summed E-state index contributed by atoms with van der Waals surface area (Å²) in [7, 11) is 0. The maximum Gasteiger partial charge on any atom is 0.315 e. The quantitative estimate of drug-likeness (QED) is 0.422. The van der Waals surface area contributed by atoms with Crippen LogP contribution >= 0.6 is 0 Å². The second-order valence-corrected chi connectivity index (χ2v) is 7.44. The molecule has 31 heavy (non-hydrogen) atoms. The molecule has 0 saturated heterocycles. The lowest BCUT2D eigenvalue weighted by atomic mass is 9.99. The van der Waals surface area contributed by atoms with Crippen LogP contribution in [0.4, 0.5) is 15.0 Å². The number of amides is 2. The van der Waals surface area contributed by atoms with Crippen LogP contribution in [0.25, 0.3) is 0 Å². The lowest BCUT2D eigenvalue weighted by Gasteiger charge is -2.18. The highest BCUT2D eigenvalue weighted by Crippen LogP contribution is 2.20. The van der Waals surface area contributed by atoms with Gasteiger partial charge in [-0.05, 0) is 61.9 Å². The number of esters is 1. The van der Waals surface area contributed by atoms with Crippen molar-refractivity contribution in [3.8, 4) is 0 Å². The standard InChI is InChI=1S/C23H29FN4O3/c1-2-31-22(29)20(17-6-3-8-18(24)14-17)15-27-23(30)26-13-5-9-19-11-10-16-7-4-12-25-21(16)28-19/h3,6,8,10-11,14,20H,2,4-5,7,9,12-13,15H2,1H3,(H,25,28)(H2,26,27,30)/t20-/m1/s1. The number of aromatic nitrogens is 1. The molecule has 3 rings (SSSR count). The lowest BCUT2D eigenvalue weighted by Crippen LogP contribution is -2.40. The van der Waals surface area contributed by atoms with E-state index in [4.69, 9.17) is 4.74 Å². The molecule has 0 aliphatic carbocycles. The SMILES string of the molecule is CCOC(=O)[C@H](CNC(=O)NCCCc1ccc2c(n1)NCCC2)c1cccc(F)c1. The average molecular weight is 429 g/mol. The van der Waals surface area contributed by atoms with Crippen LogP contribution in [0.5, 0.6) is 0 Å². The largest absolute Gasteiger partial charge is 0.465 e. The number of hydrogen-bond acceptors (Lipinski definition) is 5. The van der Waals surface area contributed by atoms with Gasteiger partial charge in [-0.25, -0.2) is 14.2 Å². The van der Waals surface area contributed by atoms with Gasteiger partial charge in [0.05, 0.1) is 12.5 Å². The fourth-order valence-corrected chi connectivity index (χ4v) is 3.54. The summed E-state index contributed by atoms with van der Waals surface area (Å²) in [6, 6.07) is 9.53. The first kappa shape index (κ1) is 22.5. The minimum atomic E-state index is -0.770. The van der Waals surface area contributed by atoms with Crippen LogP contribution in [-0.2, 0) is 22.4 Å². The fourth-order valence-electron chi connectivity index (χ4n) is 3.54. The molecule has 1 aromatic heterocycles. The van der Waals surface area contributed by atoms with E-state index < -0.39 is 17.7 Å². The van der Waals surface area contributed by atoms with Crippen molar-refractivity contribution >= 4 is 17.8 Å². The summed E-state index contributed by atoms with van der Waals surface area (Å²) in [6.07, 6.45) is 3.68. The lowest BCUT2D eigenvalue weighted by molar-refractivity contribution is -0.144. The first-order chi connectivity index (χ1) is 15.1. The van der Waals surface area contributed by atoms with Gasteiger partial charge in [-0.15, -0.1) is 0 Å². The zero-order valence-corrected chi connectivity index (χ0v) is 17.7. The Balaban J connectivity index is 1.44. The van der Waals surface area contributed by atoms with Crippen molar-refractivity contribution in [2.45, 2.75) is 38.5 Å². The van der Waals surface area contributed by atoms with E-state index in [-0.39, 0.29) is 19.2 Å². The molecule has 166 valence electrons. The number of fused-ring (bicyclic) bond motifs is 1. The molecule has 2 amide bonds. The Morgan fingerprint density at radius 1 is 1.26 bits per heavy atom.